The van der Waals surface area contributed by atoms with E-state index in [0.29, 0.717) is 17.3 Å². The van der Waals surface area contributed by atoms with Crippen molar-refractivity contribution in [3.8, 4) is 5.75 Å². The van der Waals surface area contributed by atoms with Gasteiger partial charge in [-0.1, -0.05) is 34.8 Å². The minimum atomic E-state index is 0.228. The summed E-state index contributed by atoms with van der Waals surface area (Å²) in [5.74, 6) is 0.609. The molecule has 1 aromatic rings. The fourth-order valence-corrected chi connectivity index (χ4v) is 2.29. The van der Waals surface area contributed by atoms with Crippen LogP contribution in [0.2, 0.25) is 5.02 Å². The lowest BCUT2D eigenvalue weighted by atomic mass is 10.3. The highest BCUT2D eigenvalue weighted by molar-refractivity contribution is 9.10. The number of halogens is 4. The van der Waals surface area contributed by atoms with Crippen molar-refractivity contribution in [2.45, 2.75) is 0 Å². The highest BCUT2D eigenvalue weighted by atomic mass is 79.9. The Labute approximate surface area is 118 Å². The van der Waals surface area contributed by atoms with E-state index in [9.17, 15) is 0 Å². The Morgan fingerprint density at radius 3 is 2.69 bits per heavy atom. The first-order valence-corrected chi connectivity index (χ1v) is 6.25. The van der Waals surface area contributed by atoms with Crippen molar-refractivity contribution in [1.82, 2.24) is 0 Å². The number of hydrogen-bond donors (Lipinski definition) is 1. The Morgan fingerprint density at radius 1 is 1.50 bits per heavy atom. The molecule has 0 heterocycles. The van der Waals surface area contributed by atoms with E-state index in [1.54, 1.807) is 19.3 Å². The van der Waals surface area contributed by atoms with Gasteiger partial charge in [0.15, 0.2) is 5.75 Å². The first kappa shape index (κ1) is 14.0. The summed E-state index contributed by atoms with van der Waals surface area (Å²) in [4.78, 5) is 0. The Balaban J connectivity index is 2.80. The van der Waals surface area contributed by atoms with Gasteiger partial charge in [-0.2, -0.15) is 0 Å². The molecule has 0 radical (unpaired) electrons. The Morgan fingerprint density at radius 2 is 2.19 bits per heavy atom. The monoisotopic (exact) mass is 343 g/mol. The van der Waals surface area contributed by atoms with E-state index in [1.807, 2.05) is 6.07 Å². The Kier molecular flexibility index (Phi) is 5.76. The van der Waals surface area contributed by atoms with Gasteiger partial charge in [0, 0.05) is 12.2 Å². The predicted molar refractivity (Wildman–Crippen MR) is 74.0 cm³/mol. The smallest absolute Gasteiger partial charge is 0.151 e. The summed E-state index contributed by atoms with van der Waals surface area (Å²) in [5, 5.41) is 3.62. The molecule has 0 atom stereocenters. The minimum absolute atomic E-state index is 0.228. The van der Waals surface area contributed by atoms with Crippen molar-refractivity contribution in [2.75, 3.05) is 19.0 Å². The third-order valence-electron chi connectivity index (χ3n) is 1.76. The molecule has 1 aromatic carbocycles. The average Bonchev–Trinajstić information content (AvgIpc) is 2.16. The van der Waals surface area contributed by atoms with Gasteiger partial charge in [0.05, 0.1) is 16.6 Å². The molecule has 0 aliphatic rings. The van der Waals surface area contributed by atoms with Gasteiger partial charge < -0.3 is 10.1 Å². The van der Waals surface area contributed by atoms with Gasteiger partial charge in [0.1, 0.15) is 4.49 Å². The number of ether oxygens (including phenoxy) is 1. The molecule has 0 saturated heterocycles. The van der Waals surface area contributed by atoms with Crippen LogP contribution in [0.5, 0.6) is 5.75 Å². The maximum absolute atomic E-state index is 6.01. The second-order valence-corrected chi connectivity index (χ2v) is 5.12. The van der Waals surface area contributed by atoms with Gasteiger partial charge in [-0.25, -0.2) is 0 Å². The molecule has 0 aromatic heterocycles. The molecule has 1 N–H and O–H groups in total. The number of nitrogens with one attached hydrogen (secondary N) is 1. The number of anilines is 1. The Bertz CT molecular complexity index is 382. The third kappa shape index (κ3) is 4.06. The van der Waals surface area contributed by atoms with Crippen LogP contribution in [-0.4, -0.2) is 13.7 Å². The zero-order chi connectivity index (χ0) is 12.1. The van der Waals surface area contributed by atoms with Crippen molar-refractivity contribution in [2.24, 2.45) is 0 Å². The molecular formula is C10H9BrCl3NO. The van der Waals surface area contributed by atoms with Gasteiger partial charge in [-0.3, -0.25) is 0 Å². The Hall–Kier alpha value is -0.0900. The molecular weight excluding hydrogens is 336 g/mol. The summed E-state index contributed by atoms with van der Waals surface area (Å²) >= 11 is 20.3. The molecule has 88 valence electrons. The topological polar surface area (TPSA) is 21.3 Å². The average molecular weight is 345 g/mol. The quantitative estimate of drug-likeness (QED) is 0.843. The van der Waals surface area contributed by atoms with Gasteiger partial charge in [-0.15, -0.1) is 0 Å². The SMILES string of the molecule is COc1c(Cl)cc(NCC=C(Cl)Cl)cc1Br. The van der Waals surface area contributed by atoms with Crippen LogP contribution in [0.25, 0.3) is 0 Å². The van der Waals surface area contributed by atoms with Crippen LogP contribution in [0.1, 0.15) is 0 Å². The van der Waals surface area contributed by atoms with Crippen molar-refractivity contribution in [3.05, 3.63) is 32.2 Å². The molecule has 2 nitrogen and oxygen atoms in total. The van der Waals surface area contributed by atoms with E-state index in [1.165, 1.54) is 0 Å². The first-order valence-electron chi connectivity index (χ1n) is 4.32. The summed E-state index contributed by atoms with van der Waals surface area (Å²) in [7, 11) is 1.56. The van der Waals surface area contributed by atoms with Crippen LogP contribution in [0.3, 0.4) is 0 Å². The molecule has 6 heteroatoms. The van der Waals surface area contributed by atoms with Crippen LogP contribution in [0.4, 0.5) is 5.69 Å². The number of rotatable bonds is 4. The van der Waals surface area contributed by atoms with E-state index >= 15 is 0 Å². The van der Waals surface area contributed by atoms with Crippen LogP contribution in [0.15, 0.2) is 27.2 Å². The minimum Gasteiger partial charge on any atom is -0.494 e. The van der Waals surface area contributed by atoms with Crippen LogP contribution in [0, 0.1) is 0 Å². The molecule has 0 aliphatic carbocycles. The fraction of sp³-hybridized carbons (Fsp3) is 0.200. The number of methoxy groups -OCH3 is 1. The van der Waals surface area contributed by atoms with E-state index in [-0.39, 0.29) is 4.49 Å². The summed E-state index contributed by atoms with van der Waals surface area (Å²) in [6.45, 7) is 0.525. The van der Waals surface area contributed by atoms with Gasteiger partial charge in [0.2, 0.25) is 0 Å². The fourth-order valence-electron chi connectivity index (χ4n) is 1.10. The third-order valence-corrected chi connectivity index (χ3v) is 2.94. The molecule has 0 amide bonds. The van der Waals surface area contributed by atoms with Crippen LogP contribution >= 0.6 is 50.7 Å². The second kappa shape index (κ2) is 6.60. The maximum atomic E-state index is 6.01. The maximum Gasteiger partial charge on any atom is 0.151 e. The van der Waals surface area contributed by atoms with E-state index in [4.69, 9.17) is 39.5 Å². The molecule has 0 aliphatic heterocycles. The molecule has 1 rings (SSSR count). The predicted octanol–water partition coefficient (Wildman–Crippen LogP) is 4.84. The lowest BCUT2D eigenvalue weighted by molar-refractivity contribution is 0.412. The highest BCUT2D eigenvalue weighted by Crippen LogP contribution is 2.35. The van der Waals surface area contributed by atoms with Crippen molar-refractivity contribution in [1.29, 1.82) is 0 Å². The summed E-state index contributed by atoms with van der Waals surface area (Å²) < 4.78 is 6.12. The second-order valence-electron chi connectivity index (χ2n) is 2.85. The zero-order valence-corrected chi connectivity index (χ0v) is 12.2. The summed E-state index contributed by atoms with van der Waals surface area (Å²) in [6.07, 6.45) is 1.65. The lowest BCUT2D eigenvalue weighted by Gasteiger charge is -2.09. The van der Waals surface area contributed by atoms with Gasteiger partial charge in [0.25, 0.3) is 0 Å². The van der Waals surface area contributed by atoms with E-state index in [0.717, 1.165) is 10.2 Å². The standard InChI is InChI=1S/C10H9BrCl3NO/c1-16-10-7(11)4-6(5-8(10)12)15-3-2-9(13)14/h2,4-5,15H,3H2,1H3. The van der Waals surface area contributed by atoms with Gasteiger partial charge in [-0.05, 0) is 34.1 Å². The molecule has 0 bridgehead atoms. The van der Waals surface area contributed by atoms with E-state index < -0.39 is 0 Å². The highest BCUT2D eigenvalue weighted by Gasteiger charge is 2.07. The summed E-state index contributed by atoms with van der Waals surface area (Å²) in [5.41, 5.74) is 0.850. The molecule has 16 heavy (non-hydrogen) atoms. The largest absolute Gasteiger partial charge is 0.494 e. The van der Waals surface area contributed by atoms with E-state index in [2.05, 4.69) is 21.2 Å². The zero-order valence-electron chi connectivity index (χ0n) is 8.36. The van der Waals surface area contributed by atoms with Crippen molar-refractivity contribution < 1.29 is 4.74 Å². The normalized spacial score (nSPS) is 9.81. The molecule has 0 saturated carbocycles. The molecule has 0 unspecified atom stereocenters. The summed E-state index contributed by atoms with van der Waals surface area (Å²) in [6, 6.07) is 3.63. The van der Waals surface area contributed by atoms with Crippen LogP contribution < -0.4 is 10.1 Å². The first-order chi connectivity index (χ1) is 7.54. The van der Waals surface area contributed by atoms with Crippen molar-refractivity contribution >= 4 is 56.4 Å². The lowest BCUT2D eigenvalue weighted by Crippen LogP contribution is -1.99. The molecule has 0 spiro atoms. The number of benzene rings is 1. The van der Waals surface area contributed by atoms with Crippen LogP contribution in [-0.2, 0) is 0 Å². The molecule has 0 fully saturated rings. The number of hydrogen-bond acceptors (Lipinski definition) is 2. The van der Waals surface area contributed by atoms with Crippen molar-refractivity contribution in [3.63, 3.8) is 0 Å². The van der Waals surface area contributed by atoms with Gasteiger partial charge >= 0.3 is 0 Å².